The van der Waals surface area contributed by atoms with Crippen molar-refractivity contribution >= 4 is 5.97 Å². The number of aryl methyl sites for hydroxylation is 1. The highest BCUT2D eigenvalue weighted by molar-refractivity contribution is 5.86. The monoisotopic (exact) mass is 172 g/mol. The van der Waals surface area contributed by atoms with Gasteiger partial charge in [-0.1, -0.05) is 0 Å². The Bertz CT molecular complexity index is 245. The summed E-state index contributed by atoms with van der Waals surface area (Å²) in [5.41, 5.74) is 0.220. The highest BCUT2D eigenvalue weighted by atomic mass is 16.4. The van der Waals surface area contributed by atoms with Crippen LogP contribution in [-0.4, -0.2) is 35.1 Å². The smallest absolute Gasteiger partial charge is 0.338 e. The van der Waals surface area contributed by atoms with Gasteiger partial charge in [-0.25, -0.2) is 4.79 Å². The molecule has 68 valence electrons. The Morgan fingerprint density at radius 2 is 2.17 bits per heavy atom. The number of aromatic nitrogens is 2. The van der Waals surface area contributed by atoms with Gasteiger partial charge in [0.15, 0.2) is 0 Å². The summed E-state index contributed by atoms with van der Waals surface area (Å²) in [6.45, 7) is 0. The normalized spacial score (nSPS) is 8.58. The van der Waals surface area contributed by atoms with Crippen molar-refractivity contribution in [3.63, 3.8) is 0 Å². The van der Waals surface area contributed by atoms with Crippen LogP contribution in [0.3, 0.4) is 0 Å². The first kappa shape index (κ1) is 10.6. The summed E-state index contributed by atoms with van der Waals surface area (Å²) in [6.07, 6.45) is 2.75. The molecule has 0 aliphatic carbocycles. The zero-order valence-electron chi connectivity index (χ0n) is 7.31. The third-order valence-electron chi connectivity index (χ3n) is 0.952. The molecule has 1 aromatic heterocycles. The van der Waals surface area contributed by atoms with E-state index in [1.54, 1.807) is 21.3 Å². The largest absolute Gasteiger partial charge is 0.478 e. The van der Waals surface area contributed by atoms with E-state index in [2.05, 4.69) is 9.84 Å². The van der Waals surface area contributed by atoms with Crippen molar-refractivity contribution in [3.05, 3.63) is 18.0 Å². The minimum atomic E-state index is -0.942. The van der Waals surface area contributed by atoms with Gasteiger partial charge in [0.25, 0.3) is 0 Å². The molecular weight excluding hydrogens is 160 g/mol. The molecule has 1 aromatic rings. The highest BCUT2D eigenvalue weighted by Gasteiger charge is 2.02. The zero-order chi connectivity index (χ0) is 9.56. The summed E-state index contributed by atoms with van der Waals surface area (Å²) in [7, 11) is 4.92. The fraction of sp³-hybridized carbons (Fsp3) is 0.429. The van der Waals surface area contributed by atoms with Crippen molar-refractivity contribution in [3.8, 4) is 0 Å². The SMILES string of the molecule is COC.Cn1cc(C(=O)O)cn1. The summed E-state index contributed by atoms with van der Waals surface area (Å²) in [4.78, 5) is 10.2. The van der Waals surface area contributed by atoms with E-state index < -0.39 is 5.97 Å². The molecule has 0 bridgehead atoms. The molecule has 0 aliphatic heterocycles. The van der Waals surface area contributed by atoms with Gasteiger partial charge in [0, 0.05) is 27.5 Å². The number of hydrogen-bond acceptors (Lipinski definition) is 3. The molecule has 0 unspecified atom stereocenters. The van der Waals surface area contributed by atoms with Crippen molar-refractivity contribution in [1.82, 2.24) is 9.78 Å². The number of carbonyl (C=O) groups is 1. The predicted octanol–water partition coefficient (Wildman–Crippen LogP) is 0.381. The lowest BCUT2D eigenvalue weighted by molar-refractivity contribution is 0.0697. The third kappa shape index (κ3) is 3.72. The Hall–Kier alpha value is -1.36. The molecule has 5 nitrogen and oxygen atoms in total. The highest BCUT2D eigenvalue weighted by Crippen LogP contribution is 1.93. The van der Waals surface area contributed by atoms with Gasteiger partial charge in [0.1, 0.15) is 0 Å². The number of aromatic carboxylic acids is 1. The van der Waals surface area contributed by atoms with E-state index in [1.807, 2.05) is 0 Å². The van der Waals surface area contributed by atoms with E-state index in [-0.39, 0.29) is 5.56 Å². The number of ether oxygens (including phenoxy) is 1. The van der Waals surface area contributed by atoms with E-state index in [0.717, 1.165) is 0 Å². The Balaban J connectivity index is 0.000000354. The van der Waals surface area contributed by atoms with Gasteiger partial charge in [-0.15, -0.1) is 0 Å². The Labute approximate surface area is 70.6 Å². The van der Waals surface area contributed by atoms with Crippen LogP contribution in [-0.2, 0) is 11.8 Å². The van der Waals surface area contributed by atoms with Gasteiger partial charge < -0.3 is 9.84 Å². The van der Waals surface area contributed by atoms with Gasteiger partial charge >= 0.3 is 5.97 Å². The number of carboxylic acids is 1. The zero-order valence-corrected chi connectivity index (χ0v) is 7.31. The fourth-order valence-electron chi connectivity index (χ4n) is 0.532. The standard InChI is InChI=1S/C5H6N2O2.C2H6O/c1-7-3-4(2-6-7)5(8)9;1-3-2/h2-3H,1H3,(H,8,9);1-2H3. The first-order valence-electron chi connectivity index (χ1n) is 3.24. The maximum Gasteiger partial charge on any atom is 0.338 e. The summed E-state index contributed by atoms with van der Waals surface area (Å²) < 4.78 is 5.70. The van der Waals surface area contributed by atoms with Crippen LogP contribution in [0.25, 0.3) is 0 Å². The molecule has 0 aliphatic rings. The number of carboxylic acid groups (broad SMARTS) is 1. The predicted molar refractivity (Wildman–Crippen MR) is 43.1 cm³/mol. The number of rotatable bonds is 1. The van der Waals surface area contributed by atoms with Gasteiger partial charge in [-0.3, -0.25) is 4.68 Å². The average Bonchev–Trinajstić information content (AvgIpc) is 2.37. The fourth-order valence-corrected chi connectivity index (χ4v) is 0.532. The topological polar surface area (TPSA) is 64.3 Å². The molecule has 0 spiro atoms. The van der Waals surface area contributed by atoms with Gasteiger partial charge in [-0.05, 0) is 0 Å². The van der Waals surface area contributed by atoms with Crippen molar-refractivity contribution < 1.29 is 14.6 Å². The molecule has 0 radical (unpaired) electrons. The molecule has 0 saturated heterocycles. The summed E-state index contributed by atoms with van der Waals surface area (Å²) in [6, 6.07) is 0. The number of hydrogen-bond donors (Lipinski definition) is 1. The molecule has 12 heavy (non-hydrogen) atoms. The first-order valence-corrected chi connectivity index (χ1v) is 3.24. The van der Waals surface area contributed by atoms with E-state index in [9.17, 15) is 4.79 Å². The molecule has 0 amide bonds. The van der Waals surface area contributed by atoms with Crippen LogP contribution >= 0.6 is 0 Å². The van der Waals surface area contributed by atoms with E-state index in [4.69, 9.17) is 5.11 Å². The Kier molecular flexibility index (Phi) is 4.71. The van der Waals surface area contributed by atoms with Gasteiger partial charge in [-0.2, -0.15) is 5.10 Å². The lowest BCUT2D eigenvalue weighted by Gasteiger charge is -1.81. The van der Waals surface area contributed by atoms with Gasteiger partial charge in [0.2, 0.25) is 0 Å². The minimum absolute atomic E-state index is 0.220. The first-order chi connectivity index (χ1) is 5.61. The van der Waals surface area contributed by atoms with Crippen molar-refractivity contribution in [1.29, 1.82) is 0 Å². The molecule has 0 aromatic carbocycles. The number of methoxy groups -OCH3 is 1. The number of nitrogens with zero attached hydrogens (tertiary/aromatic N) is 2. The molecule has 1 N–H and O–H groups in total. The maximum absolute atomic E-state index is 10.2. The van der Waals surface area contributed by atoms with Crippen molar-refractivity contribution in [2.24, 2.45) is 7.05 Å². The molecule has 1 heterocycles. The Morgan fingerprint density at radius 3 is 2.33 bits per heavy atom. The molecule has 5 heteroatoms. The lowest BCUT2D eigenvalue weighted by Crippen LogP contribution is -1.92. The van der Waals surface area contributed by atoms with Crippen LogP contribution in [0.1, 0.15) is 10.4 Å². The van der Waals surface area contributed by atoms with E-state index >= 15 is 0 Å². The summed E-state index contributed by atoms with van der Waals surface area (Å²) in [5.74, 6) is -0.942. The molecule has 0 saturated carbocycles. The van der Waals surface area contributed by atoms with Crippen LogP contribution in [0.5, 0.6) is 0 Å². The second-order valence-electron chi connectivity index (χ2n) is 2.12. The van der Waals surface area contributed by atoms with Crippen LogP contribution in [0, 0.1) is 0 Å². The summed E-state index contributed by atoms with van der Waals surface area (Å²) >= 11 is 0. The van der Waals surface area contributed by atoms with Gasteiger partial charge in [0.05, 0.1) is 11.8 Å². The molecular formula is C7H12N2O3. The maximum atomic E-state index is 10.2. The second kappa shape index (κ2) is 5.31. The van der Waals surface area contributed by atoms with Crippen LogP contribution in [0.15, 0.2) is 12.4 Å². The molecule has 1 rings (SSSR count). The second-order valence-corrected chi connectivity index (χ2v) is 2.12. The average molecular weight is 172 g/mol. The Morgan fingerprint density at radius 1 is 1.67 bits per heavy atom. The van der Waals surface area contributed by atoms with E-state index in [1.165, 1.54) is 17.1 Å². The summed E-state index contributed by atoms with van der Waals surface area (Å²) in [5, 5.41) is 12.0. The lowest BCUT2D eigenvalue weighted by atomic mass is 10.4. The third-order valence-corrected chi connectivity index (χ3v) is 0.952. The quantitative estimate of drug-likeness (QED) is 0.665. The van der Waals surface area contributed by atoms with E-state index in [0.29, 0.717) is 0 Å². The molecule has 0 fully saturated rings. The minimum Gasteiger partial charge on any atom is -0.478 e. The van der Waals surface area contributed by atoms with Crippen molar-refractivity contribution in [2.75, 3.05) is 14.2 Å². The van der Waals surface area contributed by atoms with Crippen molar-refractivity contribution in [2.45, 2.75) is 0 Å². The van der Waals surface area contributed by atoms with Crippen LogP contribution in [0.4, 0.5) is 0 Å². The van der Waals surface area contributed by atoms with Crippen LogP contribution < -0.4 is 0 Å². The van der Waals surface area contributed by atoms with Crippen LogP contribution in [0.2, 0.25) is 0 Å². The molecule has 0 atom stereocenters.